The van der Waals surface area contributed by atoms with E-state index in [0.717, 1.165) is 5.56 Å². The maximum Gasteiger partial charge on any atom is 0.263 e. The Morgan fingerprint density at radius 3 is 2.17 bits per heavy atom. The molecule has 0 unspecified atom stereocenters. The molecular weight excluding hydrogens is 328 g/mol. The summed E-state index contributed by atoms with van der Waals surface area (Å²) >= 11 is 0. The topological polar surface area (TPSA) is 103 Å². The molecule has 0 aliphatic rings. The minimum atomic E-state index is -3.77. The summed E-state index contributed by atoms with van der Waals surface area (Å²) in [5.41, 5.74) is 1.91. The van der Waals surface area contributed by atoms with Crippen molar-refractivity contribution in [2.24, 2.45) is 5.14 Å². The molecule has 7 heteroatoms. The SMILES string of the molecule is CC(=O)c1nc(-c2ccccc2)c(-c2ccc(S(N)(=O)=O)cc2)o1. The third-order valence-electron chi connectivity index (χ3n) is 3.42. The number of benzene rings is 2. The van der Waals surface area contributed by atoms with E-state index in [2.05, 4.69) is 4.98 Å². The number of carbonyl (C=O) groups is 1. The maximum absolute atomic E-state index is 11.6. The van der Waals surface area contributed by atoms with Gasteiger partial charge in [0.05, 0.1) is 4.90 Å². The lowest BCUT2D eigenvalue weighted by molar-refractivity contribution is 0.0981. The molecule has 0 aliphatic carbocycles. The first kappa shape index (κ1) is 16.1. The summed E-state index contributed by atoms with van der Waals surface area (Å²) in [7, 11) is -3.77. The number of hydrogen-bond donors (Lipinski definition) is 1. The zero-order valence-electron chi connectivity index (χ0n) is 12.8. The summed E-state index contributed by atoms with van der Waals surface area (Å²) in [5, 5.41) is 5.10. The molecule has 3 rings (SSSR count). The van der Waals surface area contributed by atoms with E-state index in [0.29, 0.717) is 17.0 Å². The van der Waals surface area contributed by atoms with Crippen molar-refractivity contribution in [3.8, 4) is 22.6 Å². The monoisotopic (exact) mass is 342 g/mol. The van der Waals surface area contributed by atoms with E-state index >= 15 is 0 Å². The van der Waals surface area contributed by atoms with E-state index < -0.39 is 10.0 Å². The molecule has 3 aromatic rings. The fourth-order valence-corrected chi connectivity index (χ4v) is 2.77. The standard InChI is InChI=1S/C17H14N2O4S/c1-11(20)17-19-15(12-5-3-2-4-6-12)16(23-17)13-7-9-14(10-8-13)24(18,21)22/h2-10H,1H3,(H2,18,21,22). The van der Waals surface area contributed by atoms with Crippen molar-refractivity contribution in [1.82, 2.24) is 4.98 Å². The summed E-state index contributed by atoms with van der Waals surface area (Å²) < 4.78 is 28.3. The number of carbonyl (C=O) groups excluding carboxylic acids is 1. The van der Waals surface area contributed by atoms with Crippen LogP contribution in [0.25, 0.3) is 22.6 Å². The van der Waals surface area contributed by atoms with Crippen LogP contribution in [0.4, 0.5) is 0 Å². The van der Waals surface area contributed by atoms with Crippen molar-refractivity contribution in [3.05, 3.63) is 60.5 Å². The van der Waals surface area contributed by atoms with Gasteiger partial charge in [-0.15, -0.1) is 0 Å². The van der Waals surface area contributed by atoms with Gasteiger partial charge in [-0.25, -0.2) is 18.5 Å². The first-order chi connectivity index (χ1) is 11.4. The molecule has 0 bridgehead atoms. The highest BCUT2D eigenvalue weighted by atomic mass is 32.2. The lowest BCUT2D eigenvalue weighted by Crippen LogP contribution is -2.11. The lowest BCUT2D eigenvalue weighted by atomic mass is 10.1. The molecule has 0 radical (unpaired) electrons. The number of nitrogens with two attached hydrogens (primary N) is 1. The molecule has 0 atom stereocenters. The van der Waals surface area contributed by atoms with E-state index in [1.807, 2.05) is 30.3 Å². The predicted molar refractivity (Wildman–Crippen MR) is 88.8 cm³/mol. The third-order valence-corrected chi connectivity index (χ3v) is 4.35. The molecule has 6 nitrogen and oxygen atoms in total. The summed E-state index contributed by atoms with van der Waals surface area (Å²) in [4.78, 5) is 15.9. The second-order valence-electron chi connectivity index (χ2n) is 5.19. The number of Topliss-reactive ketones (excluding diaryl/α,β-unsaturated/α-hetero) is 1. The van der Waals surface area contributed by atoms with Gasteiger partial charge >= 0.3 is 0 Å². The minimum Gasteiger partial charge on any atom is -0.433 e. The highest BCUT2D eigenvalue weighted by Gasteiger charge is 2.19. The Hall–Kier alpha value is -2.77. The molecule has 0 saturated carbocycles. The fourth-order valence-electron chi connectivity index (χ4n) is 2.25. The Labute approximate surface area is 139 Å². The largest absolute Gasteiger partial charge is 0.433 e. The summed E-state index contributed by atoms with van der Waals surface area (Å²) in [6.07, 6.45) is 0. The molecule has 0 aliphatic heterocycles. The average molecular weight is 342 g/mol. The number of rotatable bonds is 4. The van der Waals surface area contributed by atoms with Crippen LogP contribution in [-0.2, 0) is 10.0 Å². The second kappa shape index (κ2) is 6.03. The minimum absolute atomic E-state index is 0.000578. The number of oxazole rings is 1. The molecule has 0 amide bonds. The van der Waals surface area contributed by atoms with Crippen LogP contribution in [0.5, 0.6) is 0 Å². The van der Waals surface area contributed by atoms with Crippen LogP contribution in [0, 0.1) is 0 Å². The van der Waals surface area contributed by atoms with Gasteiger partial charge in [0.25, 0.3) is 5.89 Å². The molecule has 2 aromatic carbocycles. The van der Waals surface area contributed by atoms with Crippen LogP contribution in [0.2, 0.25) is 0 Å². The Morgan fingerprint density at radius 2 is 1.62 bits per heavy atom. The van der Waals surface area contributed by atoms with Crippen molar-refractivity contribution < 1.29 is 17.6 Å². The Bertz CT molecular complexity index is 991. The Morgan fingerprint density at radius 1 is 1.00 bits per heavy atom. The predicted octanol–water partition coefficient (Wildman–Crippen LogP) is 2.86. The van der Waals surface area contributed by atoms with E-state index in [-0.39, 0.29) is 16.6 Å². The van der Waals surface area contributed by atoms with Gasteiger partial charge in [0.2, 0.25) is 15.8 Å². The quantitative estimate of drug-likeness (QED) is 0.734. The van der Waals surface area contributed by atoms with Gasteiger partial charge in [0, 0.05) is 18.1 Å². The van der Waals surface area contributed by atoms with Crippen molar-refractivity contribution in [2.45, 2.75) is 11.8 Å². The van der Waals surface area contributed by atoms with Gasteiger partial charge in [0.1, 0.15) is 5.69 Å². The Balaban J connectivity index is 2.15. The molecule has 122 valence electrons. The van der Waals surface area contributed by atoms with Crippen molar-refractivity contribution in [2.75, 3.05) is 0 Å². The Kier molecular flexibility index (Phi) is 4.04. The summed E-state index contributed by atoms with van der Waals surface area (Å²) in [6.45, 7) is 1.37. The van der Waals surface area contributed by atoms with Gasteiger partial charge in [0.15, 0.2) is 5.76 Å². The fraction of sp³-hybridized carbons (Fsp3) is 0.0588. The average Bonchev–Trinajstić information content (AvgIpc) is 3.00. The van der Waals surface area contributed by atoms with Gasteiger partial charge in [-0.3, -0.25) is 4.79 Å². The molecule has 2 N–H and O–H groups in total. The van der Waals surface area contributed by atoms with Crippen LogP contribution in [0.1, 0.15) is 17.6 Å². The molecule has 1 aromatic heterocycles. The highest BCUT2D eigenvalue weighted by molar-refractivity contribution is 7.89. The van der Waals surface area contributed by atoms with Crippen LogP contribution < -0.4 is 5.14 Å². The van der Waals surface area contributed by atoms with Crippen molar-refractivity contribution in [3.63, 3.8) is 0 Å². The van der Waals surface area contributed by atoms with Crippen LogP contribution in [0.15, 0.2) is 63.9 Å². The number of ketones is 1. The van der Waals surface area contributed by atoms with E-state index in [1.165, 1.54) is 19.1 Å². The van der Waals surface area contributed by atoms with E-state index in [1.54, 1.807) is 12.1 Å². The number of aromatic nitrogens is 1. The van der Waals surface area contributed by atoms with Crippen LogP contribution >= 0.6 is 0 Å². The summed E-state index contributed by atoms with van der Waals surface area (Å²) in [5.74, 6) is 0.103. The molecule has 24 heavy (non-hydrogen) atoms. The van der Waals surface area contributed by atoms with E-state index in [9.17, 15) is 13.2 Å². The molecular formula is C17H14N2O4S. The normalized spacial score (nSPS) is 11.4. The van der Waals surface area contributed by atoms with E-state index in [4.69, 9.17) is 9.56 Å². The number of primary sulfonamides is 1. The molecule has 1 heterocycles. The first-order valence-electron chi connectivity index (χ1n) is 7.06. The zero-order chi connectivity index (χ0) is 17.3. The van der Waals surface area contributed by atoms with Crippen molar-refractivity contribution in [1.29, 1.82) is 0 Å². The number of sulfonamides is 1. The van der Waals surface area contributed by atoms with Crippen LogP contribution in [-0.4, -0.2) is 19.2 Å². The molecule has 0 spiro atoms. The smallest absolute Gasteiger partial charge is 0.263 e. The first-order valence-corrected chi connectivity index (χ1v) is 8.61. The van der Waals surface area contributed by atoms with Gasteiger partial charge in [-0.05, 0) is 24.3 Å². The number of nitrogens with zero attached hydrogens (tertiary/aromatic N) is 1. The van der Waals surface area contributed by atoms with Crippen molar-refractivity contribution >= 4 is 15.8 Å². The van der Waals surface area contributed by atoms with Gasteiger partial charge < -0.3 is 4.42 Å². The maximum atomic E-state index is 11.6. The number of hydrogen-bond acceptors (Lipinski definition) is 5. The summed E-state index contributed by atoms with van der Waals surface area (Å²) in [6, 6.07) is 15.2. The lowest BCUT2D eigenvalue weighted by Gasteiger charge is -2.03. The van der Waals surface area contributed by atoms with Crippen LogP contribution in [0.3, 0.4) is 0 Å². The highest BCUT2D eigenvalue weighted by Crippen LogP contribution is 2.33. The zero-order valence-corrected chi connectivity index (χ0v) is 13.6. The molecule has 0 saturated heterocycles. The van der Waals surface area contributed by atoms with Gasteiger partial charge in [-0.2, -0.15) is 0 Å². The molecule has 0 fully saturated rings. The van der Waals surface area contributed by atoms with Gasteiger partial charge in [-0.1, -0.05) is 30.3 Å². The second-order valence-corrected chi connectivity index (χ2v) is 6.75. The third kappa shape index (κ3) is 3.12.